The van der Waals surface area contributed by atoms with Crippen molar-refractivity contribution in [3.8, 4) is 0 Å². The molecule has 0 amide bonds. The van der Waals surface area contributed by atoms with E-state index in [1.54, 1.807) is 13.0 Å². The van der Waals surface area contributed by atoms with Gasteiger partial charge >= 0.3 is 0 Å². The Kier molecular flexibility index (Phi) is 8.53. The number of hydrogen-bond donors (Lipinski definition) is 0. The van der Waals surface area contributed by atoms with Crippen LogP contribution in [0.15, 0.2) is 11.8 Å². The van der Waals surface area contributed by atoms with Gasteiger partial charge in [0.05, 0.1) is 19.1 Å². The average Bonchev–Trinajstić information content (AvgIpc) is 2.33. The van der Waals surface area contributed by atoms with Crippen LogP contribution in [0.5, 0.6) is 0 Å². The van der Waals surface area contributed by atoms with Gasteiger partial charge in [0.2, 0.25) is 5.78 Å². The molecule has 102 valence electrons. The van der Waals surface area contributed by atoms with Crippen molar-refractivity contribution >= 4 is 18.0 Å². The van der Waals surface area contributed by atoms with Gasteiger partial charge < -0.3 is 9.47 Å². The first-order valence-electron chi connectivity index (χ1n) is 6.01. The van der Waals surface area contributed by atoms with Crippen LogP contribution in [0.1, 0.15) is 33.6 Å². The van der Waals surface area contributed by atoms with Crippen molar-refractivity contribution in [2.45, 2.75) is 33.6 Å². The summed E-state index contributed by atoms with van der Waals surface area (Å²) < 4.78 is 9.29. The van der Waals surface area contributed by atoms with E-state index in [9.17, 15) is 14.4 Å². The smallest absolute Gasteiger partial charge is 0.293 e. The first-order valence-corrected chi connectivity index (χ1v) is 6.01. The fourth-order valence-corrected chi connectivity index (χ4v) is 1.53. The molecule has 0 bridgehead atoms. The Bertz CT molecular complexity index is 319. The SMILES string of the molecule is CCOC1=CCCC(C(C)=O)C1=O.CCOC=O. The van der Waals surface area contributed by atoms with Gasteiger partial charge in [0.15, 0.2) is 5.76 Å². The zero-order chi connectivity index (χ0) is 14.0. The molecule has 1 unspecified atom stereocenters. The largest absolute Gasteiger partial charge is 0.490 e. The second-order valence-corrected chi connectivity index (χ2v) is 3.66. The molecule has 0 aliphatic heterocycles. The first kappa shape index (κ1) is 16.4. The molecule has 0 N–H and O–H groups in total. The van der Waals surface area contributed by atoms with Gasteiger partial charge in [0.1, 0.15) is 5.78 Å². The molecule has 1 aliphatic carbocycles. The minimum Gasteiger partial charge on any atom is -0.490 e. The summed E-state index contributed by atoms with van der Waals surface area (Å²) in [5.41, 5.74) is 0. The lowest BCUT2D eigenvalue weighted by atomic mass is 9.89. The molecular formula is C13H20O5. The Morgan fingerprint density at radius 3 is 2.50 bits per heavy atom. The van der Waals surface area contributed by atoms with Gasteiger partial charge in [-0.15, -0.1) is 0 Å². The summed E-state index contributed by atoms with van der Waals surface area (Å²) in [5.74, 6) is -0.309. The van der Waals surface area contributed by atoms with Crippen molar-refractivity contribution in [3.05, 3.63) is 11.8 Å². The Balaban J connectivity index is 0.000000494. The summed E-state index contributed by atoms with van der Waals surface area (Å²) in [4.78, 5) is 31.8. The van der Waals surface area contributed by atoms with Gasteiger partial charge in [-0.1, -0.05) is 0 Å². The van der Waals surface area contributed by atoms with Crippen LogP contribution in [0.3, 0.4) is 0 Å². The summed E-state index contributed by atoms with van der Waals surface area (Å²) >= 11 is 0. The van der Waals surface area contributed by atoms with Gasteiger partial charge in [-0.2, -0.15) is 0 Å². The predicted molar refractivity (Wildman–Crippen MR) is 65.8 cm³/mol. The Morgan fingerprint density at radius 2 is 2.11 bits per heavy atom. The average molecular weight is 256 g/mol. The number of ketones is 2. The third kappa shape index (κ3) is 5.61. The third-order valence-electron chi connectivity index (χ3n) is 2.37. The van der Waals surface area contributed by atoms with E-state index in [-0.39, 0.29) is 11.6 Å². The van der Waals surface area contributed by atoms with Crippen molar-refractivity contribution < 1.29 is 23.9 Å². The standard InChI is InChI=1S/C10H14O3.C3H6O2/c1-3-13-9-6-4-5-8(7(2)11)10(9)12;1-2-5-3-4/h6,8H,3-5H2,1-2H3;3H,2H2,1H3. The number of hydrogen-bond acceptors (Lipinski definition) is 5. The molecule has 0 aromatic heterocycles. The van der Waals surface area contributed by atoms with Gasteiger partial charge in [-0.25, -0.2) is 0 Å². The maximum Gasteiger partial charge on any atom is 0.293 e. The van der Waals surface area contributed by atoms with Gasteiger partial charge in [0.25, 0.3) is 6.47 Å². The number of carbonyl (C=O) groups is 3. The molecule has 18 heavy (non-hydrogen) atoms. The van der Waals surface area contributed by atoms with E-state index in [1.165, 1.54) is 6.92 Å². The van der Waals surface area contributed by atoms with Crippen LogP contribution in [-0.4, -0.2) is 31.3 Å². The molecule has 0 spiro atoms. The van der Waals surface area contributed by atoms with Crippen LogP contribution in [0.25, 0.3) is 0 Å². The molecule has 0 fully saturated rings. The van der Waals surface area contributed by atoms with Crippen molar-refractivity contribution in [2.24, 2.45) is 5.92 Å². The summed E-state index contributed by atoms with van der Waals surface area (Å²) in [6.45, 7) is 6.42. The Morgan fingerprint density at radius 1 is 1.44 bits per heavy atom. The van der Waals surface area contributed by atoms with E-state index < -0.39 is 5.92 Å². The maximum atomic E-state index is 11.5. The van der Waals surface area contributed by atoms with Gasteiger partial charge in [-0.05, 0) is 39.7 Å². The Labute approximate surface area is 107 Å². The van der Waals surface area contributed by atoms with Crippen molar-refractivity contribution in [3.63, 3.8) is 0 Å². The number of ether oxygens (including phenoxy) is 2. The van der Waals surface area contributed by atoms with E-state index in [0.717, 1.165) is 6.42 Å². The maximum absolute atomic E-state index is 11.5. The molecule has 5 heteroatoms. The fourth-order valence-electron chi connectivity index (χ4n) is 1.53. The highest BCUT2D eigenvalue weighted by Crippen LogP contribution is 2.21. The molecule has 0 aromatic carbocycles. The predicted octanol–water partition coefficient (Wildman–Crippen LogP) is 1.65. The van der Waals surface area contributed by atoms with Crippen molar-refractivity contribution in [2.75, 3.05) is 13.2 Å². The molecular weight excluding hydrogens is 236 g/mol. The quantitative estimate of drug-likeness (QED) is 0.552. The molecule has 0 aromatic rings. The highest BCUT2D eigenvalue weighted by atomic mass is 16.5. The molecule has 1 atom stereocenters. The fraction of sp³-hybridized carbons (Fsp3) is 0.615. The molecule has 1 rings (SSSR count). The zero-order valence-electron chi connectivity index (χ0n) is 11.1. The van der Waals surface area contributed by atoms with Crippen LogP contribution >= 0.6 is 0 Å². The minimum absolute atomic E-state index is 0.0599. The zero-order valence-corrected chi connectivity index (χ0v) is 11.1. The number of carbonyl (C=O) groups excluding carboxylic acids is 3. The number of allylic oxidation sites excluding steroid dienone is 2. The van der Waals surface area contributed by atoms with E-state index in [1.807, 2.05) is 6.92 Å². The second-order valence-electron chi connectivity index (χ2n) is 3.66. The highest BCUT2D eigenvalue weighted by Gasteiger charge is 2.29. The lowest BCUT2D eigenvalue weighted by Crippen LogP contribution is -2.27. The highest BCUT2D eigenvalue weighted by molar-refractivity contribution is 6.09. The van der Waals surface area contributed by atoms with E-state index in [4.69, 9.17) is 4.74 Å². The van der Waals surface area contributed by atoms with Crippen LogP contribution < -0.4 is 0 Å². The topological polar surface area (TPSA) is 69.7 Å². The van der Waals surface area contributed by atoms with Crippen LogP contribution in [0, 0.1) is 5.92 Å². The number of rotatable bonds is 5. The van der Waals surface area contributed by atoms with Crippen LogP contribution in [0.4, 0.5) is 0 Å². The molecule has 0 heterocycles. The molecule has 0 saturated heterocycles. The third-order valence-corrected chi connectivity index (χ3v) is 2.37. The molecule has 0 radical (unpaired) electrons. The summed E-state index contributed by atoms with van der Waals surface area (Å²) in [6, 6.07) is 0. The van der Waals surface area contributed by atoms with E-state index >= 15 is 0 Å². The lowest BCUT2D eigenvalue weighted by Gasteiger charge is -2.18. The van der Waals surface area contributed by atoms with Crippen LogP contribution in [-0.2, 0) is 23.9 Å². The molecule has 5 nitrogen and oxygen atoms in total. The summed E-state index contributed by atoms with van der Waals surface area (Å²) in [6.07, 6.45) is 3.15. The second kappa shape index (κ2) is 9.39. The number of Topliss-reactive ketones (excluding diaryl/α,β-unsaturated/α-hetero) is 2. The van der Waals surface area contributed by atoms with Gasteiger partial charge in [0, 0.05) is 0 Å². The van der Waals surface area contributed by atoms with Crippen LogP contribution in [0.2, 0.25) is 0 Å². The van der Waals surface area contributed by atoms with Gasteiger partial charge in [-0.3, -0.25) is 14.4 Å². The molecule has 0 saturated carbocycles. The van der Waals surface area contributed by atoms with E-state index in [2.05, 4.69) is 4.74 Å². The lowest BCUT2D eigenvalue weighted by molar-refractivity contribution is -0.132. The van der Waals surface area contributed by atoms with E-state index in [0.29, 0.717) is 31.9 Å². The van der Waals surface area contributed by atoms with Crippen molar-refractivity contribution in [1.82, 2.24) is 0 Å². The first-order chi connectivity index (χ1) is 8.58. The van der Waals surface area contributed by atoms with Crippen molar-refractivity contribution in [1.29, 1.82) is 0 Å². The minimum atomic E-state index is -0.466. The normalized spacial score (nSPS) is 18.1. The molecule has 1 aliphatic rings. The summed E-state index contributed by atoms with van der Waals surface area (Å²) in [5, 5.41) is 0. The monoisotopic (exact) mass is 256 g/mol. The Hall–Kier alpha value is -1.65. The summed E-state index contributed by atoms with van der Waals surface area (Å²) in [7, 11) is 0.